The number of hydrazone groups is 1. The molecule has 0 bridgehead atoms. The topological polar surface area (TPSA) is 137 Å². The van der Waals surface area contributed by atoms with Gasteiger partial charge in [0.2, 0.25) is 0 Å². The molecule has 3 amide bonds. The van der Waals surface area contributed by atoms with Gasteiger partial charge in [0.05, 0.1) is 27.5 Å². The van der Waals surface area contributed by atoms with E-state index >= 15 is 0 Å². The lowest BCUT2D eigenvalue weighted by Gasteiger charge is -2.12. The molecule has 0 spiro atoms. The van der Waals surface area contributed by atoms with E-state index in [1.165, 1.54) is 13.3 Å². The fourth-order valence-electron chi connectivity index (χ4n) is 3.82. The largest absolute Gasteiger partial charge is 0.493 e. The lowest BCUT2D eigenvalue weighted by atomic mass is 10.1. The molecule has 41 heavy (non-hydrogen) atoms. The molecule has 0 saturated carbocycles. The number of benzene rings is 3. The van der Waals surface area contributed by atoms with Crippen LogP contribution in [0.25, 0.3) is 0 Å². The summed E-state index contributed by atoms with van der Waals surface area (Å²) in [6.07, 6.45) is 1.85. The standard InChI is InChI=1S/C30H34N4O7/c1-19-6-9-23(20(2)14-19)33-28(35)18-41-25-11-8-22(16-27(25)40-5)17-32-34-30(37)29(36)31-13-12-21-7-10-24(38-3)26(15-21)39-4/h6-11,14-17H,12-13,18H2,1-5H3,(H,31,36)(H,33,35)(H,34,37)/b32-17-. The number of hydrogen-bond acceptors (Lipinski definition) is 8. The van der Waals surface area contributed by atoms with E-state index < -0.39 is 11.8 Å². The van der Waals surface area contributed by atoms with Gasteiger partial charge in [-0.3, -0.25) is 14.4 Å². The normalized spacial score (nSPS) is 10.6. The van der Waals surface area contributed by atoms with Gasteiger partial charge in [-0.1, -0.05) is 23.8 Å². The minimum absolute atomic E-state index is 0.214. The maximum absolute atomic E-state index is 12.4. The first-order valence-electron chi connectivity index (χ1n) is 12.7. The first-order valence-corrected chi connectivity index (χ1v) is 12.7. The molecule has 3 rings (SSSR count). The molecule has 0 heterocycles. The summed E-state index contributed by atoms with van der Waals surface area (Å²) < 4.78 is 21.5. The molecule has 216 valence electrons. The van der Waals surface area contributed by atoms with Gasteiger partial charge in [0, 0.05) is 12.2 Å². The van der Waals surface area contributed by atoms with E-state index in [9.17, 15) is 14.4 Å². The number of carbonyl (C=O) groups excluding carboxylic acids is 3. The highest BCUT2D eigenvalue weighted by Gasteiger charge is 2.13. The van der Waals surface area contributed by atoms with E-state index in [0.29, 0.717) is 35.0 Å². The monoisotopic (exact) mass is 562 g/mol. The van der Waals surface area contributed by atoms with Crippen LogP contribution in [0.1, 0.15) is 22.3 Å². The van der Waals surface area contributed by atoms with Crippen LogP contribution in [0.3, 0.4) is 0 Å². The summed E-state index contributed by atoms with van der Waals surface area (Å²) in [6, 6.07) is 16.1. The number of amides is 3. The van der Waals surface area contributed by atoms with Crippen molar-refractivity contribution in [2.75, 3.05) is 39.8 Å². The molecule has 11 heteroatoms. The molecule has 11 nitrogen and oxygen atoms in total. The summed E-state index contributed by atoms with van der Waals surface area (Å²) >= 11 is 0. The van der Waals surface area contributed by atoms with Crippen molar-refractivity contribution in [3.05, 3.63) is 76.9 Å². The highest BCUT2D eigenvalue weighted by molar-refractivity contribution is 6.35. The second-order valence-corrected chi connectivity index (χ2v) is 8.96. The summed E-state index contributed by atoms with van der Waals surface area (Å²) in [6.45, 7) is 3.93. The van der Waals surface area contributed by atoms with Crippen molar-refractivity contribution in [1.29, 1.82) is 0 Å². The summed E-state index contributed by atoms with van der Waals surface area (Å²) in [4.78, 5) is 36.6. The number of hydrogen-bond donors (Lipinski definition) is 3. The van der Waals surface area contributed by atoms with Crippen LogP contribution in [0.4, 0.5) is 5.69 Å². The van der Waals surface area contributed by atoms with Crippen LogP contribution in [-0.4, -0.2) is 58.4 Å². The van der Waals surface area contributed by atoms with Crippen LogP contribution in [-0.2, 0) is 20.8 Å². The highest BCUT2D eigenvalue weighted by atomic mass is 16.5. The molecule has 0 unspecified atom stereocenters. The van der Waals surface area contributed by atoms with Gasteiger partial charge in [0.15, 0.2) is 29.6 Å². The van der Waals surface area contributed by atoms with Gasteiger partial charge >= 0.3 is 11.8 Å². The zero-order valence-electron chi connectivity index (χ0n) is 23.7. The van der Waals surface area contributed by atoms with Gasteiger partial charge < -0.3 is 29.6 Å². The fraction of sp³-hybridized carbons (Fsp3) is 0.267. The molecule has 0 atom stereocenters. The Bertz CT molecular complexity index is 1420. The Morgan fingerprint density at radius 3 is 2.22 bits per heavy atom. The zero-order valence-corrected chi connectivity index (χ0v) is 23.7. The number of ether oxygens (including phenoxy) is 4. The molecule has 3 N–H and O–H groups in total. The van der Waals surface area contributed by atoms with Crippen LogP contribution < -0.4 is 35.0 Å². The van der Waals surface area contributed by atoms with Gasteiger partial charge in [-0.25, -0.2) is 5.43 Å². The van der Waals surface area contributed by atoms with Crippen molar-refractivity contribution >= 4 is 29.6 Å². The molecule has 0 aliphatic carbocycles. The number of carbonyl (C=O) groups is 3. The molecule has 0 fully saturated rings. The molecule has 3 aromatic rings. The van der Waals surface area contributed by atoms with Gasteiger partial charge in [-0.05, 0) is 73.4 Å². The van der Waals surface area contributed by atoms with Crippen LogP contribution in [0.15, 0.2) is 59.7 Å². The van der Waals surface area contributed by atoms with Crippen molar-refractivity contribution in [1.82, 2.24) is 10.7 Å². The number of nitrogens with zero attached hydrogens (tertiary/aromatic N) is 1. The number of anilines is 1. The van der Waals surface area contributed by atoms with Gasteiger partial charge in [-0.15, -0.1) is 0 Å². The van der Waals surface area contributed by atoms with Gasteiger partial charge in [-0.2, -0.15) is 5.10 Å². The molecular weight excluding hydrogens is 528 g/mol. The molecule has 0 aromatic heterocycles. The number of aryl methyl sites for hydroxylation is 2. The third kappa shape index (κ3) is 8.99. The van der Waals surface area contributed by atoms with Crippen molar-refractivity contribution < 1.29 is 33.3 Å². The minimum Gasteiger partial charge on any atom is -0.493 e. The molecule has 0 radical (unpaired) electrons. The quantitative estimate of drug-likeness (QED) is 0.175. The fourth-order valence-corrected chi connectivity index (χ4v) is 3.82. The summed E-state index contributed by atoms with van der Waals surface area (Å²) in [5, 5.41) is 9.21. The van der Waals surface area contributed by atoms with Crippen LogP contribution in [0.2, 0.25) is 0 Å². The third-order valence-corrected chi connectivity index (χ3v) is 5.94. The first kappa shape index (κ1) is 30.5. The predicted molar refractivity (Wildman–Crippen MR) is 155 cm³/mol. The van der Waals surface area contributed by atoms with Crippen LogP contribution in [0, 0.1) is 13.8 Å². The highest BCUT2D eigenvalue weighted by Crippen LogP contribution is 2.28. The number of nitrogens with one attached hydrogen (secondary N) is 3. The first-order chi connectivity index (χ1) is 19.7. The Morgan fingerprint density at radius 2 is 1.51 bits per heavy atom. The smallest absolute Gasteiger partial charge is 0.329 e. The van der Waals surface area contributed by atoms with Gasteiger partial charge in [0.25, 0.3) is 5.91 Å². The van der Waals surface area contributed by atoms with E-state index in [-0.39, 0.29) is 19.1 Å². The SMILES string of the molecule is COc1ccc(CCNC(=O)C(=O)N/N=C\c2ccc(OCC(=O)Nc3ccc(C)cc3C)c(OC)c2)cc1OC. The lowest BCUT2D eigenvalue weighted by Crippen LogP contribution is -2.38. The van der Waals surface area contributed by atoms with Crippen molar-refractivity contribution in [3.63, 3.8) is 0 Å². The van der Waals surface area contributed by atoms with E-state index in [1.54, 1.807) is 44.6 Å². The lowest BCUT2D eigenvalue weighted by molar-refractivity contribution is -0.139. The molecule has 0 aliphatic rings. The Labute approximate surface area is 238 Å². The Kier molecular flexibility index (Phi) is 11.1. The van der Waals surface area contributed by atoms with E-state index in [0.717, 1.165) is 22.4 Å². The molecular formula is C30H34N4O7. The predicted octanol–water partition coefficient (Wildman–Crippen LogP) is 3.16. The maximum Gasteiger partial charge on any atom is 0.329 e. The zero-order chi connectivity index (χ0) is 29.8. The Balaban J connectivity index is 1.46. The van der Waals surface area contributed by atoms with E-state index in [4.69, 9.17) is 18.9 Å². The van der Waals surface area contributed by atoms with E-state index in [2.05, 4.69) is 21.2 Å². The minimum atomic E-state index is -0.907. The average Bonchev–Trinajstić information content (AvgIpc) is 2.97. The number of rotatable bonds is 12. The second-order valence-electron chi connectivity index (χ2n) is 8.96. The summed E-state index contributed by atoms with van der Waals surface area (Å²) in [5.74, 6) is -0.120. The Morgan fingerprint density at radius 1 is 0.805 bits per heavy atom. The number of methoxy groups -OCH3 is 3. The van der Waals surface area contributed by atoms with Crippen molar-refractivity contribution in [2.24, 2.45) is 5.10 Å². The third-order valence-electron chi connectivity index (χ3n) is 5.94. The second kappa shape index (κ2) is 14.9. The van der Waals surface area contributed by atoms with Crippen molar-refractivity contribution in [2.45, 2.75) is 20.3 Å². The Hall–Kier alpha value is -5.06. The van der Waals surface area contributed by atoms with Crippen molar-refractivity contribution in [3.8, 4) is 23.0 Å². The molecule has 3 aromatic carbocycles. The average molecular weight is 563 g/mol. The summed E-state index contributed by atoms with van der Waals surface area (Å²) in [7, 11) is 4.56. The van der Waals surface area contributed by atoms with Crippen LogP contribution >= 0.6 is 0 Å². The molecule has 0 aliphatic heterocycles. The van der Waals surface area contributed by atoms with Gasteiger partial charge in [0.1, 0.15) is 0 Å². The maximum atomic E-state index is 12.4. The summed E-state index contributed by atoms with van der Waals surface area (Å²) in [5.41, 5.74) is 6.46. The van der Waals surface area contributed by atoms with E-state index in [1.807, 2.05) is 38.1 Å². The van der Waals surface area contributed by atoms with Crippen LogP contribution in [0.5, 0.6) is 23.0 Å². The molecule has 0 saturated heterocycles.